The molecule has 2 unspecified atom stereocenters. The second kappa shape index (κ2) is 4.18. The van der Waals surface area contributed by atoms with E-state index in [9.17, 15) is 4.39 Å². The van der Waals surface area contributed by atoms with Gasteiger partial charge in [0.1, 0.15) is 5.67 Å². The molecule has 0 radical (unpaired) electrons. The molecule has 0 aromatic rings. The third kappa shape index (κ3) is 2.10. The van der Waals surface area contributed by atoms with Gasteiger partial charge in [-0.1, -0.05) is 19.3 Å². The number of hydrogen-bond acceptors (Lipinski definition) is 1. The second-order valence-electron chi connectivity index (χ2n) is 5.23. The summed E-state index contributed by atoms with van der Waals surface area (Å²) in [6, 6.07) is 0.121. The van der Waals surface area contributed by atoms with Crippen LogP contribution in [0.2, 0.25) is 0 Å². The Morgan fingerprint density at radius 1 is 1.00 bits per heavy atom. The fourth-order valence-corrected chi connectivity index (χ4v) is 3.29. The van der Waals surface area contributed by atoms with Crippen LogP contribution >= 0.6 is 0 Å². The highest BCUT2D eigenvalue weighted by molar-refractivity contribution is 4.94. The van der Waals surface area contributed by atoms with E-state index < -0.39 is 5.67 Å². The number of hydrogen-bond donors (Lipinski definition) is 1. The van der Waals surface area contributed by atoms with Crippen molar-refractivity contribution >= 4 is 0 Å². The molecule has 0 aromatic heterocycles. The minimum atomic E-state index is -0.905. The number of nitrogens with two attached hydrogens (primary N) is 1. The summed E-state index contributed by atoms with van der Waals surface area (Å²) in [7, 11) is 0. The van der Waals surface area contributed by atoms with Gasteiger partial charge in [-0.25, -0.2) is 4.39 Å². The predicted molar refractivity (Wildman–Crippen MR) is 56.9 cm³/mol. The fourth-order valence-electron chi connectivity index (χ4n) is 3.29. The molecule has 2 N–H and O–H groups in total. The van der Waals surface area contributed by atoms with Gasteiger partial charge in [-0.15, -0.1) is 0 Å². The molecule has 2 rings (SSSR count). The summed E-state index contributed by atoms with van der Waals surface area (Å²) in [5.74, 6) is 0.322. The highest BCUT2D eigenvalue weighted by Crippen LogP contribution is 2.43. The van der Waals surface area contributed by atoms with Crippen molar-refractivity contribution in [3.05, 3.63) is 0 Å². The SMILES string of the molecule is NC1CCCC(F)(C2CCCCC2)C1. The van der Waals surface area contributed by atoms with E-state index in [0.29, 0.717) is 12.3 Å². The molecule has 0 aromatic carbocycles. The average Bonchev–Trinajstić information content (AvgIpc) is 2.19. The normalized spacial score (nSPS) is 41.1. The zero-order chi connectivity index (χ0) is 10.0. The van der Waals surface area contributed by atoms with Gasteiger partial charge >= 0.3 is 0 Å². The molecule has 14 heavy (non-hydrogen) atoms. The van der Waals surface area contributed by atoms with Gasteiger partial charge in [-0.05, 0) is 44.4 Å². The quantitative estimate of drug-likeness (QED) is 0.689. The van der Waals surface area contributed by atoms with Crippen molar-refractivity contribution in [2.45, 2.75) is 69.5 Å². The molecular weight excluding hydrogens is 177 g/mol. The van der Waals surface area contributed by atoms with Gasteiger partial charge in [0, 0.05) is 6.04 Å². The van der Waals surface area contributed by atoms with E-state index in [1.54, 1.807) is 0 Å². The number of alkyl halides is 1. The standard InChI is InChI=1S/C12H22FN/c13-12(8-4-7-11(14)9-12)10-5-2-1-3-6-10/h10-11H,1-9,14H2. The summed E-state index contributed by atoms with van der Waals surface area (Å²) in [5, 5.41) is 0. The molecule has 0 aliphatic heterocycles. The molecule has 0 saturated heterocycles. The lowest BCUT2D eigenvalue weighted by Gasteiger charge is -2.41. The van der Waals surface area contributed by atoms with Crippen molar-refractivity contribution in [1.29, 1.82) is 0 Å². The van der Waals surface area contributed by atoms with E-state index in [0.717, 1.165) is 32.1 Å². The predicted octanol–water partition coefficient (Wildman–Crippen LogP) is 3.18. The van der Waals surface area contributed by atoms with Crippen LogP contribution in [0.5, 0.6) is 0 Å². The molecule has 0 amide bonds. The first-order valence-electron chi connectivity index (χ1n) is 6.15. The van der Waals surface area contributed by atoms with E-state index in [2.05, 4.69) is 0 Å². The van der Waals surface area contributed by atoms with Crippen molar-refractivity contribution in [3.63, 3.8) is 0 Å². The van der Waals surface area contributed by atoms with Crippen LogP contribution in [0.4, 0.5) is 4.39 Å². The van der Waals surface area contributed by atoms with Crippen LogP contribution in [0, 0.1) is 5.92 Å². The lowest BCUT2D eigenvalue weighted by atomic mass is 9.70. The first kappa shape index (κ1) is 10.4. The lowest BCUT2D eigenvalue weighted by molar-refractivity contribution is 0.0128. The lowest BCUT2D eigenvalue weighted by Crippen LogP contribution is -2.43. The number of rotatable bonds is 1. The van der Waals surface area contributed by atoms with Crippen LogP contribution < -0.4 is 5.73 Å². The van der Waals surface area contributed by atoms with Crippen molar-refractivity contribution in [1.82, 2.24) is 0 Å². The maximum Gasteiger partial charge on any atom is 0.115 e. The van der Waals surface area contributed by atoms with Crippen molar-refractivity contribution < 1.29 is 4.39 Å². The van der Waals surface area contributed by atoms with E-state index in [4.69, 9.17) is 5.73 Å². The first-order chi connectivity index (χ1) is 6.71. The van der Waals surface area contributed by atoms with Crippen LogP contribution in [0.1, 0.15) is 57.8 Å². The summed E-state index contributed by atoms with van der Waals surface area (Å²) >= 11 is 0. The summed E-state index contributed by atoms with van der Waals surface area (Å²) in [4.78, 5) is 0. The second-order valence-corrected chi connectivity index (χ2v) is 5.23. The molecule has 2 saturated carbocycles. The van der Waals surface area contributed by atoms with E-state index in [-0.39, 0.29) is 6.04 Å². The van der Waals surface area contributed by atoms with Crippen LogP contribution in [-0.2, 0) is 0 Å². The van der Waals surface area contributed by atoms with E-state index in [1.165, 1.54) is 19.3 Å². The average molecular weight is 199 g/mol. The first-order valence-corrected chi connectivity index (χ1v) is 6.15. The Labute approximate surface area is 86.2 Å². The summed E-state index contributed by atoms with van der Waals surface area (Å²) in [6.07, 6.45) is 9.37. The Kier molecular flexibility index (Phi) is 3.10. The maximum absolute atomic E-state index is 14.6. The van der Waals surface area contributed by atoms with E-state index in [1.807, 2.05) is 0 Å². The summed E-state index contributed by atoms with van der Waals surface area (Å²) < 4.78 is 14.6. The highest BCUT2D eigenvalue weighted by atomic mass is 19.1. The third-order valence-electron chi connectivity index (χ3n) is 4.11. The molecule has 2 aliphatic carbocycles. The summed E-state index contributed by atoms with van der Waals surface area (Å²) in [5.41, 5.74) is 4.97. The zero-order valence-electron chi connectivity index (χ0n) is 8.97. The third-order valence-corrected chi connectivity index (χ3v) is 4.11. The number of halogens is 1. The molecular formula is C12H22FN. The maximum atomic E-state index is 14.6. The molecule has 0 heterocycles. The molecule has 82 valence electrons. The molecule has 2 fully saturated rings. The van der Waals surface area contributed by atoms with Crippen molar-refractivity contribution in [2.75, 3.05) is 0 Å². The van der Waals surface area contributed by atoms with Crippen LogP contribution in [0.25, 0.3) is 0 Å². The van der Waals surface area contributed by atoms with Gasteiger partial charge in [0.05, 0.1) is 0 Å². The Bertz CT molecular complexity index is 189. The van der Waals surface area contributed by atoms with Crippen molar-refractivity contribution in [3.8, 4) is 0 Å². The molecule has 0 bridgehead atoms. The topological polar surface area (TPSA) is 26.0 Å². The smallest absolute Gasteiger partial charge is 0.115 e. The zero-order valence-corrected chi connectivity index (χ0v) is 8.97. The highest BCUT2D eigenvalue weighted by Gasteiger charge is 2.42. The largest absolute Gasteiger partial charge is 0.328 e. The van der Waals surface area contributed by atoms with Gasteiger partial charge < -0.3 is 5.73 Å². The summed E-state index contributed by atoms with van der Waals surface area (Å²) in [6.45, 7) is 0. The van der Waals surface area contributed by atoms with Crippen molar-refractivity contribution in [2.24, 2.45) is 11.7 Å². The monoisotopic (exact) mass is 199 g/mol. The Morgan fingerprint density at radius 2 is 1.71 bits per heavy atom. The fraction of sp³-hybridized carbons (Fsp3) is 1.00. The van der Waals surface area contributed by atoms with Gasteiger partial charge in [-0.2, -0.15) is 0 Å². The van der Waals surface area contributed by atoms with Crippen LogP contribution in [-0.4, -0.2) is 11.7 Å². The van der Waals surface area contributed by atoms with Crippen LogP contribution in [0.15, 0.2) is 0 Å². The van der Waals surface area contributed by atoms with Crippen LogP contribution in [0.3, 0.4) is 0 Å². The Balaban J connectivity index is 1.98. The molecule has 1 nitrogen and oxygen atoms in total. The molecule has 0 spiro atoms. The van der Waals surface area contributed by atoms with E-state index >= 15 is 0 Å². The van der Waals surface area contributed by atoms with Gasteiger partial charge in [0.25, 0.3) is 0 Å². The molecule has 2 aliphatic rings. The minimum Gasteiger partial charge on any atom is -0.328 e. The van der Waals surface area contributed by atoms with Gasteiger partial charge in [0.15, 0.2) is 0 Å². The Morgan fingerprint density at radius 3 is 2.36 bits per heavy atom. The minimum absolute atomic E-state index is 0.121. The molecule has 2 heteroatoms. The van der Waals surface area contributed by atoms with Gasteiger partial charge in [0.2, 0.25) is 0 Å². The van der Waals surface area contributed by atoms with Gasteiger partial charge in [-0.3, -0.25) is 0 Å². The Hall–Kier alpha value is -0.110. The molecule has 2 atom stereocenters.